The van der Waals surface area contributed by atoms with Gasteiger partial charge in [0.1, 0.15) is 0 Å². The summed E-state index contributed by atoms with van der Waals surface area (Å²) in [5.41, 5.74) is 7.07. The summed E-state index contributed by atoms with van der Waals surface area (Å²) in [5, 5.41) is 0. The fraction of sp³-hybridized carbons (Fsp3) is 0.500. The topological polar surface area (TPSA) is 46.3 Å². The molecule has 1 amide bonds. The van der Waals surface area contributed by atoms with Crippen LogP contribution in [0.3, 0.4) is 0 Å². The monoisotopic (exact) mass is 268 g/mol. The van der Waals surface area contributed by atoms with Crippen molar-refractivity contribution >= 4 is 24.0 Å². The predicted octanol–water partition coefficient (Wildman–Crippen LogP) is 2.95. The van der Waals surface area contributed by atoms with Gasteiger partial charge in [-0.15, -0.1) is 12.4 Å². The van der Waals surface area contributed by atoms with Crippen molar-refractivity contribution in [3.8, 4) is 0 Å². The summed E-state index contributed by atoms with van der Waals surface area (Å²) in [7, 11) is 0. The number of nitrogens with zero attached hydrogens (tertiary/aromatic N) is 1. The first-order valence-corrected chi connectivity index (χ1v) is 6.26. The molecule has 18 heavy (non-hydrogen) atoms. The molecule has 1 aliphatic heterocycles. The molecule has 1 atom stereocenters. The minimum absolute atomic E-state index is 0. The average molecular weight is 269 g/mol. The molecular formula is C14H21ClN2O. The van der Waals surface area contributed by atoms with Crippen molar-refractivity contribution < 1.29 is 4.79 Å². The van der Waals surface area contributed by atoms with E-state index >= 15 is 0 Å². The highest BCUT2D eigenvalue weighted by molar-refractivity contribution is 5.94. The van der Waals surface area contributed by atoms with Gasteiger partial charge in [-0.25, -0.2) is 0 Å². The highest BCUT2D eigenvalue weighted by Crippen LogP contribution is 2.25. The van der Waals surface area contributed by atoms with Crippen LogP contribution in [0.1, 0.15) is 37.0 Å². The Morgan fingerprint density at radius 2 is 1.94 bits per heavy atom. The van der Waals surface area contributed by atoms with Crippen molar-refractivity contribution in [2.45, 2.75) is 32.7 Å². The second-order valence-electron chi connectivity index (χ2n) is 5.07. The molecule has 100 valence electrons. The number of halogens is 1. The highest BCUT2D eigenvalue weighted by atomic mass is 35.5. The largest absolute Gasteiger partial charge is 0.399 e. The summed E-state index contributed by atoms with van der Waals surface area (Å²) in [6, 6.07) is 7.59. The van der Waals surface area contributed by atoms with Gasteiger partial charge in [-0.3, -0.25) is 4.79 Å². The van der Waals surface area contributed by atoms with Crippen molar-refractivity contribution in [3.05, 3.63) is 29.8 Å². The van der Waals surface area contributed by atoms with Crippen molar-refractivity contribution in [3.63, 3.8) is 0 Å². The molecule has 4 heteroatoms. The first-order chi connectivity index (χ1) is 8.09. The predicted molar refractivity (Wildman–Crippen MR) is 77.0 cm³/mol. The number of hydrogen-bond donors (Lipinski definition) is 1. The Balaban J connectivity index is 0.00000162. The van der Waals surface area contributed by atoms with Crippen LogP contribution >= 0.6 is 12.4 Å². The third-order valence-corrected chi connectivity index (χ3v) is 3.49. The maximum Gasteiger partial charge on any atom is 0.254 e. The molecule has 1 heterocycles. The zero-order chi connectivity index (χ0) is 12.4. The number of benzene rings is 1. The van der Waals surface area contributed by atoms with E-state index in [2.05, 4.69) is 13.8 Å². The number of likely N-dealkylation sites (tertiary alicyclic amines) is 1. The average Bonchev–Trinajstić information content (AvgIpc) is 2.78. The zero-order valence-electron chi connectivity index (χ0n) is 10.9. The molecule has 1 saturated heterocycles. The molecule has 0 aliphatic carbocycles. The normalized spacial score (nSPS) is 18.8. The van der Waals surface area contributed by atoms with Gasteiger partial charge in [-0.05, 0) is 43.0 Å². The van der Waals surface area contributed by atoms with Crippen molar-refractivity contribution in [1.82, 2.24) is 4.90 Å². The van der Waals surface area contributed by atoms with Gasteiger partial charge >= 0.3 is 0 Å². The molecule has 1 fully saturated rings. The smallest absolute Gasteiger partial charge is 0.254 e. The van der Waals surface area contributed by atoms with Crippen LogP contribution in [0.4, 0.5) is 5.69 Å². The number of nitrogens with two attached hydrogens (primary N) is 1. The number of carbonyl (C=O) groups excluding carboxylic acids is 1. The molecular weight excluding hydrogens is 248 g/mol. The van der Waals surface area contributed by atoms with E-state index in [9.17, 15) is 4.79 Å². The Labute approximate surface area is 115 Å². The Morgan fingerprint density at radius 1 is 1.33 bits per heavy atom. The third kappa shape index (κ3) is 2.96. The first-order valence-electron chi connectivity index (χ1n) is 6.26. The zero-order valence-corrected chi connectivity index (χ0v) is 11.7. The lowest BCUT2D eigenvalue weighted by atomic mass is 10.0. The van der Waals surface area contributed by atoms with Crippen molar-refractivity contribution in [2.75, 3.05) is 12.3 Å². The molecule has 1 aromatic carbocycles. The number of amides is 1. The highest BCUT2D eigenvalue weighted by Gasteiger charge is 2.31. The van der Waals surface area contributed by atoms with Crippen molar-refractivity contribution in [2.24, 2.45) is 5.92 Å². The van der Waals surface area contributed by atoms with E-state index in [-0.39, 0.29) is 18.3 Å². The molecule has 0 spiro atoms. The fourth-order valence-electron chi connectivity index (χ4n) is 2.53. The van der Waals surface area contributed by atoms with Gasteiger partial charge in [0.2, 0.25) is 0 Å². The maximum atomic E-state index is 12.4. The Bertz CT molecular complexity index is 403. The minimum atomic E-state index is 0. The van der Waals surface area contributed by atoms with Gasteiger partial charge in [-0.1, -0.05) is 13.8 Å². The third-order valence-electron chi connectivity index (χ3n) is 3.49. The van der Waals surface area contributed by atoms with Gasteiger partial charge in [0, 0.05) is 23.8 Å². The second-order valence-corrected chi connectivity index (χ2v) is 5.07. The van der Waals surface area contributed by atoms with Gasteiger partial charge in [0.05, 0.1) is 0 Å². The Kier molecular flexibility index (Phi) is 5.03. The SMILES string of the molecule is CC(C)C1CCCN1C(=O)c1ccc(N)cc1.Cl. The quantitative estimate of drug-likeness (QED) is 0.839. The maximum absolute atomic E-state index is 12.4. The van der Waals surface area contributed by atoms with E-state index in [0.717, 1.165) is 24.9 Å². The number of rotatable bonds is 2. The van der Waals surface area contributed by atoms with Crippen LogP contribution < -0.4 is 5.73 Å². The molecule has 2 rings (SSSR count). The molecule has 0 saturated carbocycles. The van der Waals surface area contributed by atoms with Gasteiger partial charge in [0.25, 0.3) is 5.91 Å². The molecule has 1 unspecified atom stereocenters. The van der Waals surface area contributed by atoms with E-state index in [1.54, 1.807) is 12.1 Å². The molecule has 0 bridgehead atoms. The van der Waals surface area contributed by atoms with Crippen LogP contribution in [-0.4, -0.2) is 23.4 Å². The number of nitrogen functional groups attached to an aromatic ring is 1. The Hall–Kier alpha value is -1.22. The van der Waals surface area contributed by atoms with E-state index < -0.39 is 0 Å². The van der Waals surface area contributed by atoms with E-state index in [1.165, 1.54) is 0 Å². The van der Waals surface area contributed by atoms with E-state index in [4.69, 9.17) is 5.73 Å². The van der Waals surface area contributed by atoms with Gasteiger partial charge in [0.15, 0.2) is 0 Å². The van der Waals surface area contributed by atoms with E-state index in [0.29, 0.717) is 17.6 Å². The molecule has 0 aromatic heterocycles. The summed E-state index contributed by atoms with van der Waals surface area (Å²) < 4.78 is 0. The van der Waals surface area contributed by atoms with Crippen LogP contribution in [-0.2, 0) is 0 Å². The van der Waals surface area contributed by atoms with Crippen LogP contribution in [0.15, 0.2) is 24.3 Å². The molecule has 0 radical (unpaired) electrons. The number of carbonyl (C=O) groups is 1. The van der Waals surface area contributed by atoms with Crippen LogP contribution in [0.5, 0.6) is 0 Å². The second kappa shape index (κ2) is 6.10. The summed E-state index contributed by atoms with van der Waals surface area (Å²) >= 11 is 0. The van der Waals surface area contributed by atoms with Crippen LogP contribution in [0.25, 0.3) is 0 Å². The molecule has 1 aromatic rings. The number of hydrogen-bond acceptors (Lipinski definition) is 2. The summed E-state index contributed by atoms with van der Waals surface area (Å²) in [4.78, 5) is 14.4. The first kappa shape index (κ1) is 14.8. The lowest BCUT2D eigenvalue weighted by Gasteiger charge is -2.27. The minimum Gasteiger partial charge on any atom is -0.399 e. The summed E-state index contributed by atoms with van der Waals surface area (Å²) in [5.74, 6) is 0.663. The van der Waals surface area contributed by atoms with Crippen LogP contribution in [0, 0.1) is 5.92 Å². The molecule has 2 N–H and O–H groups in total. The standard InChI is InChI=1S/C14H20N2O.ClH/c1-10(2)13-4-3-9-16(13)14(17)11-5-7-12(15)8-6-11;/h5-8,10,13H,3-4,9,15H2,1-2H3;1H. The lowest BCUT2D eigenvalue weighted by molar-refractivity contribution is 0.0701. The molecule has 1 aliphatic rings. The van der Waals surface area contributed by atoms with Gasteiger partial charge in [-0.2, -0.15) is 0 Å². The van der Waals surface area contributed by atoms with Crippen molar-refractivity contribution in [1.29, 1.82) is 0 Å². The van der Waals surface area contributed by atoms with Crippen LogP contribution in [0.2, 0.25) is 0 Å². The fourth-order valence-corrected chi connectivity index (χ4v) is 2.53. The van der Waals surface area contributed by atoms with E-state index in [1.807, 2.05) is 17.0 Å². The molecule has 3 nitrogen and oxygen atoms in total. The lowest BCUT2D eigenvalue weighted by Crippen LogP contribution is -2.38. The Morgan fingerprint density at radius 3 is 2.50 bits per heavy atom. The number of anilines is 1. The summed E-state index contributed by atoms with van der Waals surface area (Å²) in [6.07, 6.45) is 2.24. The summed E-state index contributed by atoms with van der Waals surface area (Å²) in [6.45, 7) is 5.24. The van der Waals surface area contributed by atoms with Gasteiger partial charge < -0.3 is 10.6 Å².